The van der Waals surface area contributed by atoms with Crippen molar-refractivity contribution in [2.45, 2.75) is 45.6 Å². The van der Waals surface area contributed by atoms with E-state index in [1.54, 1.807) is 6.07 Å². The predicted molar refractivity (Wildman–Crippen MR) is 75.1 cm³/mol. The van der Waals surface area contributed by atoms with Crippen molar-refractivity contribution in [3.05, 3.63) is 34.3 Å². The maximum atomic E-state index is 9.86. The molecule has 0 bridgehead atoms. The summed E-state index contributed by atoms with van der Waals surface area (Å²) < 4.78 is 5.45. The number of aliphatic hydroxyl groups is 1. The molecule has 96 valence electrons. The predicted octanol–water partition coefficient (Wildman–Crippen LogP) is 3.63. The summed E-state index contributed by atoms with van der Waals surface area (Å²) in [5, 5.41) is 10.5. The van der Waals surface area contributed by atoms with Crippen molar-refractivity contribution in [3.8, 4) is 0 Å². The first-order chi connectivity index (χ1) is 7.71. The number of halogens is 1. The van der Waals surface area contributed by atoms with E-state index in [4.69, 9.17) is 16.0 Å². The first kappa shape index (κ1) is 14.7. The largest absolute Gasteiger partial charge is 0.393 e. The van der Waals surface area contributed by atoms with Crippen molar-refractivity contribution in [2.24, 2.45) is 0 Å². The smallest absolute Gasteiger partial charge is 0.174 e. The van der Waals surface area contributed by atoms with E-state index in [0.717, 1.165) is 11.1 Å². The van der Waals surface area contributed by atoms with Crippen LogP contribution in [0.4, 0.5) is 0 Å². The molecule has 2 nitrogen and oxygen atoms in total. The lowest BCUT2D eigenvalue weighted by atomic mass is 9.86. The molecule has 1 atom stereocenters. The molecule has 1 N–H and O–H groups in total. The van der Waals surface area contributed by atoms with Gasteiger partial charge in [-0.2, -0.15) is 0 Å². The van der Waals surface area contributed by atoms with Crippen molar-refractivity contribution < 1.29 is 9.53 Å². The molecule has 0 aliphatic heterocycles. The topological polar surface area (TPSA) is 29.5 Å². The second kappa shape index (κ2) is 5.53. The number of rotatable bonds is 3. The molecule has 0 aromatic heterocycles. The van der Waals surface area contributed by atoms with E-state index < -0.39 is 15.3 Å². The molecule has 1 unspecified atom stereocenters. The van der Waals surface area contributed by atoms with E-state index >= 15 is 0 Å². The quantitative estimate of drug-likeness (QED) is 0.673. The zero-order valence-corrected chi connectivity index (χ0v) is 13.0. The Balaban J connectivity index is 2.97. The second-order valence-electron chi connectivity index (χ2n) is 5.53. The summed E-state index contributed by atoms with van der Waals surface area (Å²) in [4.78, 5) is 0. The van der Waals surface area contributed by atoms with Gasteiger partial charge in [0, 0.05) is 10.6 Å². The van der Waals surface area contributed by atoms with E-state index in [1.165, 1.54) is 0 Å². The van der Waals surface area contributed by atoms with Crippen LogP contribution in [0.5, 0.6) is 0 Å². The summed E-state index contributed by atoms with van der Waals surface area (Å²) in [6, 6.07) is 5.64. The minimum Gasteiger partial charge on any atom is -0.393 e. The van der Waals surface area contributed by atoms with Crippen molar-refractivity contribution in [3.63, 3.8) is 0 Å². The van der Waals surface area contributed by atoms with Crippen LogP contribution in [0.2, 0.25) is 18.1 Å². The Morgan fingerprint density at radius 3 is 2.29 bits per heavy atom. The van der Waals surface area contributed by atoms with Gasteiger partial charge in [0.15, 0.2) is 15.3 Å². The first-order valence-corrected chi connectivity index (χ1v) is 9.01. The molecule has 1 rings (SSSR count). The highest BCUT2D eigenvalue weighted by atomic mass is 35.5. The first-order valence-electron chi connectivity index (χ1n) is 5.85. The van der Waals surface area contributed by atoms with Crippen LogP contribution in [0, 0.1) is 0 Å². The molecule has 0 radical (unpaired) electrons. The van der Waals surface area contributed by atoms with E-state index in [-0.39, 0.29) is 5.41 Å². The van der Waals surface area contributed by atoms with E-state index in [0.29, 0.717) is 5.02 Å². The highest BCUT2D eigenvalue weighted by molar-refractivity contribution is 6.48. The van der Waals surface area contributed by atoms with Gasteiger partial charge in [0.05, 0.1) is 0 Å². The Morgan fingerprint density at radius 2 is 1.88 bits per heavy atom. The van der Waals surface area contributed by atoms with Gasteiger partial charge in [-0.15, -0.1) is 0 Å². The van der Waals surface area contributed by atoms with E-state index in [1.807, 2.05) is 25.2 Å². The van der Waals surface area contributed by atoms with Gasteiger partial charge in [-0.3, -0.25) is 0 Å². The summed E-state index contributed by atoms with van der Waals surface area (Å²) in [7, 11) is -1.25. The summed E-state index contributed by atoms with van der Waals surface area (Å²) in [6.45, 7) is 10.4. The molecule has 0 saturated carbocycles. The van der Waals surface area contributed by atoms with Gasteiger partial charge in [-0.05, 0) is 30.1 Å². The normalized spacial score (nSPS) is 14.1. The molecule has 0 saturated heterocycles. The SMILES string of the molecule is C[SiH](C)OC(O)c1ccc(C(C)(C)C)c(Cl)c1. The fourth-order valence-electron chi connectivity index (χ4n) is 1.63. The molecule has 0 aliphatic rings. The van der Waals surface area contributed by atoms with E-state index in [2.05, 4.69) is 20.8 Å². The van der Waals surface area contributed by atoms with Crippen LogP contribution >= 0.6 is 11.6 Å². The van der Waals surface area contributed by atoms with Gasteiger partial charge in [0.2, 0.25) is 0 Å². The van der Waals surface area contributed by atoms with Gasteiger partial charge in [0.1, 0.15) is 0 Å². The fraction of sp³-hybridized carbons (Fsp3) is 0.538. The monoisotopic (exact) mass is 272 g/mol. The number of aliphatic hydroxyl groups excluding tert-OH is 1. The molecule has 4 heteroatoms. The molecule has 1 aromatic rings. The molecule has 0 spiro atoms. The van der Waals surface area contributed by atoms with Crippen LogP contribution in [0.1, 0.15) is 38.2 Å². The number of benzene rings is 1. The Hall–Kier alpha value is -0.353. The van der Waals surface area contributed by atoms with Gasteiger partial charge >= 0.3 is 0 Å². The lowest BCUT2D eigenvalue weighted by Gasteiger charge is -2.22. The Morgan fingerprint density at radius 1 is 1.29 bits per heavy atom. The molecular weight excluding hydrogens is 252 g/mol. The molecule has 0 fully saturated rings. The van der Waals surface area contributed by atoms with Gasteiger partial charge in [-0.25, -0.2) is 0 Å². The minimum atomic E-state index is -1.25. The zero-order valence-electron chi connectivity index (χ0n) is 11.1. The van der Waals surface area contributed by atoms with Crippen molar-refractivity contribution in [1.82, 2.24) is 0 Å². The minimum absolute atomic E-state index is 0.00816. The molecule has 0 amide bonds. The highest BCUT2D eigenvalue weighted by Gasteiger charge is 2.19. The number of hydrogen-bond donors (Lipinski definition) is 1. The molecular formula is C13H21ClO2Si. The lowest BCUT2D eigenvalue weighted by molar-refractivity contribution is -0.0211. The van der Waals surface area contributed by atoms with Crippen LogP contribution in [-0.4, -0.2) is 14.1 Å². The maximum Gasteiger partial charge on any atom is 0.174 e. The van der Waals surface area contributed by atoms with Crippen LogP contribution in [0.3, 0.4) is 0 Å². The Bertz CT molecular complexity index is 385. The maximum absolute atomic E-state index is 9.86. The fourth-order valence-corrected chi connectivity index (χ4v) is 2.77. The summed E-state index contributed by atoms with van der Waals surface area (Å²) in [6.07, 6.45) is -0.854. The second-order valence-corrected chi connectivity index (χ2v) is 8.30. The molecule has 0 aliphatic carbocycles. The third-order valence-corrected chi connectivity index (χ3v) is 3.60. The van der Waals surface area contributed by atoms with Crippen LogP contribution in [-0.2, 0) is 9.84 Å². The third-order valence-electron chi connectivity index (χ3n) is 2.49. The summed E-state index contributed by atoms with van der Waals surface area (Å²) in [5.74, 6) is 0. The van der Waals surface area contributed by atoms with Crippen molar-refractivity contribution >= 4 is 20.6 Å². The Kier molecular flexibility index (Phi) is 4.78. The summed E-state index contributed by atoms with van der Waals surface area (Å²) >= 11 is 6.24. The molecule has 0 heterocycles. The molecule has 17 heavy (non-hydrogen) atoms. The van der Waals surface area contributed by atoms with Gasteiger partial charge < -0.3 is 9.53 Å². The Labute approximate surface area is 110 Å². The highest BCUT2D eigenvalue weighted by Crippen LogP contribution is 2.31. The standard InChI is InChI=1S/C13H21ClO2Si/c1-13(2,3)10-7-6-9(8-11(10)14)12(15)16-17(4)5/h6-8,12,15,17H,1-5H3. The van der Waals surface area contributed by atoms with Crippen molar-refractivity contribution in [2.75, 3.05) is 0 Å². The van der Waals surface area contributed by atoms with Crippen molar-refractivity contribution in [1.29, 1.82) is 0 Å². The zero-order chi connectivity index (χ0) is 13.2. The van der Waals surface area contributed by atoms with Crippen LogP contribution in [0.25, 0.3) is 0 Å². The summed E-state index contributed by atoms with van der Waals surface area (Å²) in [5.41, 5.74) is 1.81. The van der Waals surface area contributed by atoms with Gasteiger partial charge in [-0.1, -0.05) is 44.5 Å². The van der Waals surface area contributed by atoms with Gasteiger partial charge in [0.25, 0.3) is 0 Å². The lowest BCUT2D eigenvalue weighted by Crippen LogP contribution is -2.15. The van der Waals surface area contributed by atoms with Crippen LogP contribution < -0.4 is 0 Å². The average Bonchev–Trinajstić information content (AvgIpc) is 2.14. The molecule has 1 aromatic carbocycles. The number of hydrogen-bond acceptors (Lipinski definition) is 2. The van der Waals surface area contributed by atoms with Crippen LogP contribution in [0.15, 0.2) is 18.2 Å². The van der Waals surface area contributed by atoms with E-state index in [9.17, 15) is 5.11 Å². The average molecular weight is 273 g/mol. The third kappa shape index (κ3) is 4.10.